The van der Waals surface area contributed by atoms with Gasteiger partial charge in [-0.25, -0.2) is 0 Å². The van der Waals surface area contributed by atoms with Crippen molar-refractivity contribution in [3.8, 4) is 0 Å². The molecule has 3 nitrogen and oxygen atoms in total. The van der Waals surface area contributed by atoms with E-state index >= 15 is 0 Å². The molecule has 146 valence electrons. The lowest BCUT2D eigenvalue weighted by Crippen LogP contribution is -1.98. The molecular weight excluding hydrogens is 319 g/mol. The van der Waals surface area contributed by atoms with Gasteiger partial charge in [-0.2, -0.15) is 0 Å². The molecule has 0 rings (SSSR count). The van der Waals surface area contributed by atoms with Crippen LogP contribution in [0.4, 0.5) is 0 Å². The first kappa shape index (κ1) is 24.1. The molecule has 0 aromatic heterocycles. The lowest BCUT2D eigenvalue weighted by molar-refractivity contribution is 0.370. The molecule has 0 aromatic carbocycles. The number of rotatable bonds is 18. The van der Waals surface area contributed by atoms with E-state index in [0.717, 1.165) is 18.8 Å². The Labute approximate surface area is 151 Å². The minimum absolute atomic E-state index is 0.0599. The monoisotopic (exact) mass is 362 g/mol. The summed E-state index contributed by atoms with van der Waals surface area (Å²) in [6.07, 6.45) is 20.6. The Morgan fingerprint density at radius 1 is 0.667 bits per heavy atom. The molecule has 0 aliphatic carbocycles. The molecule has 0 aliphatic rings. The molecule has 0 fully saturated rings. The molecule has 0 heterocycles. The highest BCUT2D eigenvalue weighted by atomic mass is 31.2. The second-order valence-corrected chi connectivity index (χ2v) is 9.26. The van der Waals surface area contributed by atoms with Crippen LogP contribution in [0.5, 0.6) is 0 Å². The molecule has 0 saturated heterocycles. The van der Waals surface area contributed by atoms with E-state index in [1.807, 2.05) is 0 Å². The van der Waals surface area contributed by atoms with Gasteiger partial charge in [0.1, 0.15) is 0 Å². The van der Waals surface area contributed by atoms with E-state index < -0.39 is 7.60 Å². The molecule has 1 unspecified atom stereocenters. The Bertz CT molecular complexity index is 301. The van der Waals surface area contributed by atoms with Gasteiger partial charge in [0.25, 0.3) is 0 Å². The van der Waals surface area contributed by atoms with Crippen LogP contribution in [0.15, 0.2) is 0 Å². The Kier molecular flexibility index (Phi) is 16.7. The molecule has 0 spiro atoms. The smallest absolute Gasteiger partial charge is 0.324 e. The van der Waals surface area contributed by atoms with Crippen LogP contribution in [0, 0.1) is 5.92 Å². The molecular formula is C20H43O3P. The number of hydrogen-bond donors (Lipinski definition) is 2. The Morgan fingerprint density at radius 2 is 1.08 bits per heavy atom. The fourth-order valence-electron chi connectivity index (χ4n) is 3.39. The van der Waals surface area contributed by atoms with Crippen molar-refractivity contribution in [3.63, 3.8) is 0 Å². The van der Waals surface area contributed by atoms with Crippen molar-refractivity contribution in [1.82, 2.24) is 0 Å². The fraction of sp³-hybridized carbons (Fsp3) is 1.00. The highest BCUT2D eigenvalue weighted by Gasteiger charge is 2.10. The second-order valence-electron chi connectivity index (χ2n) is 7.48. The molecule has 0 aromatic rings. The molecule has 0 saturated carbocycles. The predicted molar refractivity (Wildman–Crippen MR) is 106 cm³/mol. The first-order valence-corrected chi connectivity index (χ1v) is 12.3. The first-order chi connectivity index (χ1) is 11.5. The highest BCUT2D eigenvalue weighted by molar-refractivity contribution is 7.51. The van der Waals surface area contributed by atoms with Crippen LogP contribution in [0.25, 0.3) is 0 Å². The van der Waals surface area contributed by atoms with Crippen LogP contribution in [0.1, 0.15) is 117 Å². The van der Waals surface area contributed by atoms with Crippen molar-refractivity contribution in [2.75, 3.05) is 6.16 Å². The van der Waals surface area contributed by atoms with E-state index in [4.69, 9.17) is 9.79 Å². The second kappa shape index (κ2) is 16.6. The zero-order valence-corrected chi connectivity index (χ0v) is 17.2. The topological polar surface area (TPSA) is 57.5 Å². The van der Waals surface area contributed by atoms with Crippen molar-refractivity contribution in [2.45, 2.75) is 117 Å². The summed E-state index contributed by atoms with van der Waals surface area (Å²) in [5, 5.41) is 0. The molecule has 0 amide bonds. The van der Waals surface area contributed by atoms with Crippen LogP contribution in [-0.4, -0.2) is 15.9 Å². The summed E-state index contributed by atoms with van der Waals surface area (Å²) >= 11 is 0. The molecule has 0 radical (unpaired) electrons. The minimum Gasteiger partial charge on any atom is -0.324 e. The van der Waals surface area contributed by atoms with Gasteiger partial charge in [-0.3, -0.25) is 4.57 Å². The van der Waals surface area contributed by atoms with Gasteiger partial charge < -0.3 is 9.79 Å². The Hall–Kier alpha value is 0.150. The van der Waals surface area contributed by atoms with Crippen LogP contribution in [0.2, 0.25) is 0 Å². The highest BCUT2D eigenvalue weighted by Crippen LogP contribution is 2.35. The summed E-state index contributed by atoms with van der Waals surface area (Å²) in [5.74, 6) is 0.968. The Balaban J connectivity index is 3.21. The summed E-state index contributed by atoms with van der Waals surface area (Å²) < 4.78 is 10.7. The van der Waals surface area contributed by atoms with Gasteiger partial charge in [0.05, 0.1) is 0 Å². The zero-order valence-electron chi connectivity index (χ0n) is 16.3. The summed E-state index contributed by atoms with van der Waals surface area (Å²) in [6.45, 7) is 4.63. The van der Waals surface area contributed by atoms with Crippen LogP contribution in [-0.2, 0) is 4.57 Å². The molecule has 0 bridgehead atoms. The molecule has 1 atom stereocenters. The summed E-state index contributed by atoms with van der Waals surface area (Å²) in [6, 6.07) is 0. The van der Waals surface area contributed by atoms with Gasteiger partial charge in [0.2, 0.25) is 0 Å². The minimum atomic E-state index is -3.76. The van der Waals surface area contributed by atoms with E-state index in [2.05, 4.69) is 13.8 Å². The van der Waals surface area contributed by atoms with Gasteiger partial charge in [-0.05, 0) is 12.3 Å². The third-order valence-corrected chi connectivity index (χ3v) is 6.00. The van der Waals surface area contributed by atoms with Crippen molar-refractivity contribution in [3.05, 3.63) is 0 Å². The first-order valence-electron chi connectivity index (χ1n) is 10.5. The maximum atomic E-state index is 10.7. The number of unbranched alkanes of at least 4 members (excludes halogenated alkanes) is 11. The van der Waals surface area contributed by atoms with E-state index in [0.29, 0.717) is 6.42 Å². The van der Waals surface area contributed by atoms with Gasteiger partial charge in [0.15, 0.2) is 0 Å². The summed E-state index contributed by atoms with van der Waals surface area (Å²) in [7, 11) is -3.76. The quantitative estimate of drug-likeness (QED) is 0.203. The molecule has 24 heavy (non-hydrogen) atoms. The van der Waals surface area contributed by atoms with Gasteiger partial charge in [-0.1, -0.05) is 110 Å². The molecule has 2 N–H and O–H groups in total. The van der Waals surface area contributed by atoms with Gasteiger partial charge in [-0.15, -0.1) is 0 Å². The maximum Gasteiger partial charge on any atom is 0.325 e. The third kappa shape index (κ3) is 18.5. The summed E-state index contributed by atoms with van der Waals surface area (Å²) in [5.41, 5.74) is 0. The number of hydrogen-bond acceptors (Lipinski definition) is 1. The fourth-order valence-corrected chi connectivity index (χ4v) is 4.02. The normalized spacial score (nSPS) is 13.3. The van der Waals surface area contributed by atoms with E-state index in [9.17, 15) is 4.57 Å². The molecule has 0 aliphatic heterocycles. The lowest BCUT2D eigenvalue weighted by atomic mass is 9.93. The van der Waals surface area contributed by atoms with Gasteiger partial charge in [0, 0.05) is 6.16 Å². The van der Waals surface area contributed by atoms with Crippen molar-refractivity contribution in [1.29, 1.82) is 0 Å². The van der Waals surface area contributed by atoms with E-state index in [1.54, 1.807) is 0 Å². The maximum absolute atomic E-state index is 10.7. The molecule has 4 heteroatoms. The SMILES string of the molecule is CCCCC(CC)CCCCCCCCCCCCCP(=O)(O)O. The largest absolute Gasteiger partial charge is 0.325 e. The average Bonchev–Trinajstić information content (AvgIpc) is 2.53. The standard InChI is InChI=1S/C20H43O3P/c1-3-5-17-20(4-2)18-15-13-11-9-7-6-8-10-12-14-16-19-24(21,22)23/h20H,3-19H2,1-2H3,(H2,21,22,23). The van der Waals surface area contributed by atoms with Crippen molar-refractivity contribution >= 4 is 7.60 Å². The van der Waals surface area contributed by atoms with Crippen molar-refractivity contribution < 1.29 is 14.4 Å². The van der Waals surface area contributed by atoms with Crippen LogP contribution >= 0.6 is 7.60 Å². The predicted octanol–water partition coefficient (Wildman–Crippen LogP) is 7.06. The average molecular weight is 363 g/mol. The van der Waals surface area contributed by atoms with Crippen LogP contribution < -0.4 is 0 Å². The van der Waals surface area contributed by atoms with Crippen molar-refractivity contribution in [2.24, 2.45) is 5.92 Å². The Morgan fingerprint density at radius 3 is 1.50 bits per heavy atom. The third-order valence-electron chi connectivity index (χ3n) is 5.11. The zero-order chi connectivity index (χ0) is 18.1. The van der Waals surface area contributed by atoms with E-state index in [1.165, 1.54) is 83.5 Å². The van der Waals surface area contributed by atoms with Gasteiger partial charge >= 0.3 is 7.60 Å². The lowest BCUT2D eigenvalue weighted by Gasteiger charge is -2.13. The van der Waals surface area contributed by atoms with E-state index in [-0.39, 0.29) is 6.16 Å². The van der Waals surface area contributed by atoms with Crippen LogP contribution in [0.3, 0.4) is 0 Å². The summed E-state index contributed by atoms with van der Waals surface area (Å²) in [4.78, 5) is 17.5.